The van der Waals surface area contributed by atoms with Gasteiger partial charge in [-0.25, -0.2) is 0 Å². The number of amides is 1. The fraction of sp³-hybridized carbons (Fsp3) is 0.278. The van der Waals surface area contributed by atoms with Crippen LogP contribution in [0, 0.1) is 0 Å². The summed E-state index contributed by atoms with van der Waals surface area (Å²) in [5.74, 6) is 0. The molecule has 0 aliphatic rings. The molecule has 3 nitrogen and oxygen atoms in total. The number of thiophene rings is 1. The molecule has 22 heavy (non-hydrogen) atoms. The fourth-order valence-corrected chi connectivity index (χ4v) is 3.08. The van der Waals surface area contributed by atoms with Crippen molar-refractivity contribution in [3.63, 3.8) is 0 Å². The maximum atomic E-state index is 11.1. The van der Waals surface area contributed by atoms with E-state index in [0.717, 1.165) is 31.5 Å². The first kappa shape index (κ1) is 16.3. The van der Waals surface area contributed by atoms with Gasteiger partial charge in [0.2, 0.25) is 6.41 Å². The maximum absolute atomic E-state index is 11.1. The molecule has 1 aromatic heterocycles. The lowest BCUT2D eigenvalue weighted by Gasteiger charge is -2.27. The van der Waals surface area contributed by atoms with Gasteiger partial charge in [0.25, 0.3) is 0 Å². The minimum Gasteiger partial charge on any atom is -0.387 e. The standard InChI is InChI=1S/C18H22N2OS/c1-15(19-11-10-16-7-4-3-5-8-16)18(20(2)14-21)13-17-9-6-12-22-17/h3-9,12,14,18-19H,1,10-11,13H2,2H3. The molecule has 0 bridgehead atoms. The van der Waals surface area contributed by atoms with Crippen molar-refractivity contribution in [2.75, 3.05) is 13.6 Å². The van der Waals surface area contributed by atoms with E-state index in [1.807, 2.05) is 24.3 Å². The molecule has 1 unspecified atom stereocenters. The summed E-state index contributed by atoms with van der Waals surface area (Å²) in [6.07, 6.45) is 2.60. The Morgan fingerprint density at radius 1 is 1.32 bits per heavy atom. The topological polar surface area (TPSA) is 32.3 Å². The van der Waals surface area contributed by atoms with Crippen LogP contribution in [0.1, 0.15) is 10.4 Å². The molecule has 1 N–H and O–H groups in total. The van der Waals surface area contributed by atoms with Crippen molar-refractivity contribution in [1.82, 2.24) is 10.2 Å². The Hall–Kier alpha value is -2.07. The van der Waals surface area contributed by atoms with E-state index in [9.17, 15) is 4.79 Å². The molecule has 0 saturated heterocycles. The SMILES string of the molecule is C=C(NCCc1ccccc1)C(Cc1cccs1)N(C)C=O. The summed E-state index contributed by atoms with van der Waals surface area (Å²) < 4.78 is 0. The first-order chi connectivity index (χ1) is 10.7. The Bertz CT molecular complexity index is 580. The molecule has 1 amide bonds. The highest BCUT2D eigenvalue weighted by molar-refractivity contribution is 7.09. The Labute approximate surface area is 136 Å². The molecule has 0 spiro atoms. The van der Waals surface area contributed by atoms with E-state index in [4.69, 9.17) is 0 Å². The van der Waals surface area contributed by atoms with Crippen LogP contribution in [0.4, 0.5) is 0 Å². The molecule has 1 aromatic carbocycles. The van der Waals surface area contributed by atoms with Crippen molar-refractivity contribution in [2.24, 2.45) is 0 Å². The summed E-state index contributed by atoms with van der Waals surface area (Å²) in [4.78, 5) is 14.1. The third-order valence-electron chi connectivity index (χ3n) is 3.64. The molecule has 1 heterocycles. The maximum Gasteiger partial charge on any atom is 0.210 e. The molecule has 116 valence electrons. The summed E-state index contributed by atoms with van der Waals surface area (Å²) in [5.41, 5.74) is 2.18. The Morgan fingerprint density at radius 2 is 2.09 bits per heavy atom. The number of nitrogens with one attached hydrogen (secondary N) is 1. The lowest BCUT2D eigenvalue weighted by atomic mass is 10.1. The van der Waals surface area contributed by atoms with Crippen molar-refractivity contribution in [3.05, 3.63) is 70.6 Å². The largest absolute Gasteiger partial charge is 0.387 e. The van der Waals surface area contributed by atoms with Gasteiger partial charge >= 0.3 is 0 Å². The zero-order valence-corrected chi connectivity index (χ0v) is 13.7. The minimum atomic E-state index is -0.0214. The van der Waals surface area contributed by atoms with Gasteiger partial charge in [-0.05, 0) is 23.4 Å². The first-order valence-corrected chi connectivity index (χ1v) is 8.25. The van der Waals surface area contributed by atoms with Crippen LogP contribution in [0.25, 0.3) is 0 Å². The van der Waals surface area contributed by atoms with Crippen molar-refractivity contribution in [1.29, 1.82) is 0 Å². The first-order valence-electron chi connectivity index (χ1n) is 7.37. The quantitative estimate of drug-likeness (QED) is 0.721. The number of hydrogen-bond acceptors (Lipinski definition) is 3. The van der Waals surface area contributed by atoms with Crippen LogP contribution in [-0.2, 0) is 17.6 Å². The highest BCUT2D eigenvalue weighted by Gasteiger charge is 2.18. The van der Waals surface area contributed by atoms with E-state index in [1.54, 1.807) is 23.3 Å². The van der Waals surface area contributed by atoms with Crippen molar-refractivity contribution >= 4 is 17.7 Å². The second-order valence-corrected chi connectivity index (χ2v) is 6.29. The van der Waals surface area contributed by atoms with E-state index in [-0.39, 0.29) is 6.04 Å². The van der Waals surface area contributed by atoms with Crippen LogP contribution in [-0.4, -0.2) is 30.9 Å². The van der Waals surface area contributed by atoms with Crippen LogP contribution in [0.15, 0.2) is 60.1 Å². The molecule has 0 saturated carbocycles. The van der Waals surface area contributed by atoms with Crippen molar-refractivity contribution < 1.29 is 4.79 Å². The van der Waals surface area contributed by atoms with E-state index in [2.05, 4.69) is 35.5 Å². The van der Waals surface area contributed by atoms with Crippen LogP contribution >= 0.6 is 11.3 Å². The van der Waals surface area contributed by atoms with Crippen molar-refractivity contribution in [2.45, 2.75) is 18.9 Å². The average Bonchev–Trinajstić information content (AvgIpc) is 3.06. The van der Waals surface area contributed by atoms with Gasteiger partial charge in [0, 0.05) is 30.6 Å². The predicted octanol–water partition coefficient (Wildman–Crippen LogP) is 3.09. The van der Waals surface area contributed by atoms with Crippen LogP contribution in [0.5, 0.6) is 0 Å². The molecular weight excluding hydrogens is 292 g/mol. The number of nitrogens with zero attached hydrogens (tertiary/aromatic N) is 1. The highest BCUT2D eigenvalue weighted by Crippen LogP contribution is 2.16. The Balaban J connectivity index is 1.89. The second-order valence-electron chi connectivity index (χ2n) is 5.26. The summed E-state index contributed by atoms with van der Waals surface area (Å²) in [7, 11) is 1.80. The van der Waals surface area contributed by atoms with Gasteiger partial charge in [0.1, 0.15) is 0 Å². The summed E-state index contributed by atoms with van der Waals surface area (Å²) in [5, 5.41) is 5.42. The third kappa shape index (κ3) is 4.74. The average molecular weight is 314 g/mol. The molecule has 0 aliphatic heterocycles. The van der Waals surface area contributed by atoms with Gasteiger partial charge in [-0.1, -0.05) is 43.0 Å². The second kappa shape index (κ2) is 8.39. The molecular formula is C18H22N2OS. The van der Waals surface area contributed by atoms with Gasteiger partial charge in [0.15, 0.2) is 0 Å². The Kier molecular flexibility index (Phi) is 6.22. The highest BCUT2D eigenvalue weighted by atomic mass is 32.1. The zero-order chi connectivity index (χ0) is 15.8. The van der Waals surface area contributed by atoms with Crippen LogP contribution in [0.2, 0.25) is 0 Å². The number of likely N-dealkylation sites (N-methyl/N-ethyl adjacent to an activating group) is 1. The number of benzene rings is 1. The summed E-state index contributed by atoms with van der Waals surface area (Å²) in [6, 6.07) is 14.4. The molecule has 2 rings (SSSR count). The smallest absolute Gasteiger partial charge is 0.210 e. The Morgan fingerprint density at radius 3 is 2.73 bits per heavy atom. The van der Waals surface area contributed by atoms with Crippen molar-refractivity contribution in [3.8, 4) is 0 Å². The molecule has 4 heteroatoms. The van der Waals surface area contributed by atoms with Gasteiger partial charge in [-0.2, -0.15) is 0 Å². The third-order valence-corrected chi connectivity index (χ3v) is 4.54. The predicted molar refractivity (Wildman–Crippen MR) is 92.9 cm³/mol. The lowest BCUT2D eigenvalue weighted by Crippen LogP contribution is -2.39. The molecule has 2 aromatic rings. The van der Waals surface area contributed by atoms with Gasteiger partial charge in [-0.3, -0.25) is 4.79 Å². The summed E-state index contributed by atoms with van der Waals surface area (Å²) in [6.45, 7) is 4.94. The van der Waals surface area contributed by atoms with Gasteiger partial charge in [-0.15, -0.1) is 11.3 Å². The minimum absolute atomic E-state index is 0.0214. The molecule has 0 fully saturated rings. The van der Waals surface area contributed by atoms with Crippen LogP contribution < -0.4 is 5.32 Å². The number of carbonyl (C=O) groups is 1. The fourth-order valence-electron chi connectivity index (χ4n) is 2.34. The lowest BCUT2D eigenvalue weighted by molar-refractivity contribution is -0.118. The van der Waals surface area contributed by atoms with E-state index in [0.29, 0.717) is 0 Å². The number of hydrogen-bond donors (Lipinski definition) is 1. The van der Waals surface area contributed by atoms with E-state index < -0.39 is 0 Å². The van der Waals surface area contributed by atoms with Gasteiger partial charge < -0.3 is 10.2 Å². The summed E-state index contributed by atoms with van der Waals surface area (Å²) >= 11 is 1.71. The molecule has 0 aliphatic carbocycles. The number of carbonyl (C=O) groups excluding carboxylic acids is 1. The molecule has 0 radical (unpaired) electrons. The zero-order valence-electron chi connectivity index (χ0n) is 12.9. The normalized spacial score (nSPS) is 11.7. The molecule has 1 atom stereocenters. The van der Waals surface area contributed by atoms with E-state index >= 15 is 0 Å². The number of rotatable bonds is 9. The van der Waals surface area contributed by atoms with Gasteiger partial charge in [0.05, 0.1) is 6.04 Å². The van der Waals surface area contributed by atoms with E-state index in [1.165, 1.54) is 10.4 Å². The van der Waals surface area contributed by atoms with Crippen LogP contribution in [0.3, 0.4) is 0 Å². The monoisotopic (exact) mass is 314 g/mol.